The first-order valence-corrected chi connectivity index (χ1v) is 6.81. The summed E-state index contributed by atoms with van der Waals surface area (Å²) in [4.78, 5) is 28.4. The molecule has 1 N–H and O–H groups in total. The Morgan fingerprint density at radius 1 is 1.37 bits per heavy atom. The number of carbonyl (C=O) groups is 2. The van der Waals surface area contributed by atoms with E-state index in [2.05, 4.69) is 15.0 Å². The smallest absolute Gasteiger partial charge is 0.428 e. The molecule has 1 aromatic rings. The Bertz CT molecular complexity index is 481. The zero-order valence-corrected chi connectivity index (χ0v) is 11.9. The van der Waals surface area contributed by atoms with Crippen molar-refractivity contribution in [2.75, 3.05) is 6.54 Å². The number of thiazole rings is 1. The van der Waals surface area contributed by atoms with Gasteiger partial charge in [0.05, 0.1) is 5.69 Å². The van der Waals surface area contributed by atoms with Crippen molar-refractivity contribution in [2.24, 2.45) is 0 Å². The van der Waals surface area contributed by atoms with Crippen LogP contribution < -0.4 is 5.32 Å². The van der Waals surface area contributed by atoms with Crippen LogP contribution in [0.4, 0.5) is 4.79 Å². The van der Waals surface area contributed by atoms with E-state index >= 15 is 0 Å². The minimum absolute atomic E-state index is 0.194. The van der Waals surface area contributed by atoms with Crippen molar-refractivity contribution in [1.29, 1.82) is 0 Å². The van der Waals surface area contributed by atoms with Gasteiger partial charge in [-0.2, -0.15) is 0 Å². The lowest BCUT2D eigenvalue weighted by molar-refractivity contribution is -0.00156. The molecule has 0 aromatic carbocycles. The van der Waals surface area contributed by atoms with Crippen molar-refractivity contribution < 1.29 is 19.1 Å². The molecule has 1 aliphatic rings. The second kappa shape index (κ2) is 5.26. The molecule has 0 radical (unpaired) electrons. The number of ether oxygens (including phenoxy) is 2. The Morgan fingerprint density at radius 3 is 2.74 bits per heavy atom. The van der Waals surface area contributed by atoms with Crippen LogP contribution in [0.3, 0.4) is 0 Å². The van der Waals surface area contributed by atoms with Crippen molar-refractivity contribution in [2.45, 2.75) is 39.3 Å². The molecule has 2 rings (SSSR count). The third-order valence-electron chi connectivity index (χ3n) is 2.34. The van der Waals surface area contributed by atoms with E-state index in [0.717, 1.165) is 23.5 Å². The highest BCUT2D eigenvalue weighted by molar-refractivity contribution is 7.13. The fourth-order valence-electron chi connectivity index (χ4n) is 1.60. The molecule has 2 heterocycles. The molecule has 6 nitrogen and oxygen atoms in total. The predicted octanol–water partition coefficient (Wildman–Crippen LogP) is 1.88. The fraction of sp³-hybridized carbons (Fsp3) is 0.583. The van der Waals surface area contributed by atoms with E-state index in [1.165, 1.54) is 11.3 Å². The van der Waals surface area contributed by atoms with Crippen LogP contribution in [-0.2, 0) is 22.4 Å². The van der Waals surface area contributed by atoms with Gasteiger partial charge in [-0.15, -0.1) is 11.3 Å². The summed E-state index contributed by atoms with van der Waals surface area (Å²) >= 11 is 1.25. The Hall–Kier alpha value is -1.47. The second-order valence-electron chi connectivity index (χ2n) is 5.17. The number of aromatic nitrogens is 1. The van der Waals surface area contributed by atoms with Gasteiger partial charge in [-0.05, 0) is 20.8 Å². The lowest BCUT2D eigenvalue weighted by Crippen LogP contribution is -2.26. The molecule has 0 amide bonds. The molecule has 1 aliphatic heterocycles. The predicted molar refractivity (Wildman–Crippen MR) is 69.2 cm³/mol. The summed E-state index contributed by atoms with van der Waals surface area (Å²) in [5, 5.41) is 3.39. The van der Waals surface area contributed by atoms with E-state index in [0.29, 0.717) is 6.54 Å². The number of esters is 1. The Balaban J connectivity index is 2.00. The molecule has 0 saturated carbocycles. The van der Waals surface area contributed by atoms with E-state index in [4.69, 9.17) is 4.74 Å². The average molecular weight is 284 g/mol. The van der Waals surface area contributed by atoms with Crippen molar-refractivity contribution in [1.82, 2.24) is 10.3 Å². The van der Waals surface area contributed by atoms with Gasteiger partial charge in [-0.25, -0.2) is 14.6 Å². The summed E-state index contributed by atoms with van der Waals surface area (Å²) in [6.07, 6.45) is -0.213. The summed E-state index contributed by atoms with van der Waals surface area (Å²) < 4.78 is 9.53. The molecule has 104 valence electrons. The lowest BCUT2D eigenvalue weighted by Gasteiger charge is -2.17. The summed E-state index contributed by atoms with van der Waals surface area (Å²) in [7, 11) is 0. The SMILES string of the molecule is CC(C)(C)OC(=O)OC(=O)c1nc2c(s1)CNCC2. The third-order valence-corrected chi connectivity index (χ3v) is 3.42. The standard InChI is InChI=1S/C12H16N2O4S/c1-12(2,3)18-11(16)17-10(15)9-14-7-4-5-13-6-8(7)19-9/h13H,4-6H2,1-3H3. The van der Waals surface area contributed by atoms with Crippen LogP contribution in [0.15, 0.2) is 0 Å². The van der Waals surface area contributed by atoms with Gasteiger partial charge in [0, 0.05) is 24.4 Å². The minimum Gasteiger partial charge on any atom is -0.428 e. The molecule has 0 aliphatic carbocycles. The van der Waals surface area contributed by atoms with Gasteiger partial charge in [-0.1, -0.05) is 0 Å². The van der Waals surface area contributed by atoms with Crippen molar-refractivity contribution in [3.05, 3.63) is 15.6 Å². The normalized spacial score (nSPS) is 14.7. The molecule has 0 bridgehead atoms. The number of fused-ring (bicyclic) bond motifs is 1. The minimum atomic E-state index is -0.996. The van der Waals surface area contributed by atoms with Crippen LogP contribution >= 0.6 is 11.3 Å². The Kier molecular flexibility index (Phi) is 3.86. The van der Waals surface area contributed by atoms with Gasteiger partial charge in [0.15, 0.2) is 0 Å². The monoisotopic (exact) mass is 284 g/mol. The topological polar surface area (TPSA) is 77.5 Å². The molecule has 0 spiro atoms. The molecule has 19 heavy (non-hydrogen) atoms. The first kappa shape index (κ1) is 14.0. The Labute approximate surface area is 115 Å². The molecular formula is C12H16N2O4S. The number of carbonyl (C=O) groups excluding carboxylic acids is 2. The largest absolute Gasteiger partial charge is 0.516 e. The zero-order valence-electron chi connectivity index (χ0n) is 11.1. The van der Waals surface area contributed by atoms with Crippen LogP contribution in [-0.4, -0.2) is 29.3 Å². The summed E-state index contributed by atoms with van der Waals surface area (Å²) in [5.74, 6) is -0.756. The molecule has 0 unspecified atom stereocenters. The zero-order chi connectivity index (χ0) is 14.0. The van der Waals surface area contributed by atoms with Gasteiger partial charge in [0.2, 0.25) is 5.01 Å². The van der Waals surface area contributed by atoms with E-state index < -0.39 is 17.7 Å². The highest BCUT2D eigenvalue weighted by atomic mass is 32.1. The molecule has 0 fully saturated rings. The van der Waals surface area contributed by atoms with Crippen LogP contribution in [0.2, 0.25) is 0 Å². The van der Waals surface area contributed by atoms with Gasteiger partial charge in [-0.3, -0.25) is 0 Å². The average Bonchev–Trinajstić information content (AvgIpc) is 2.69. The van der Waals surface area contributed by atoms with E-state index in [-0.39, 0.29) is 5.01 Å². The van der Waals surface area contributed by atoms with E-state index in [1.807, 2.05) is 0 Å². The van der Waals surface area contributed by atoms with Crippen LogP contribution in [0.25, 0.3) is 0 Å². The maximum Gasteiger partial charge on any atom is 0.516 e. The van der Waals surface area contributed by atoms with E-state index in [9.17, 15) is 9.59 Å². The first-order chi connectivity index (χ1) is 8.85. The summed E-state index contributed by atoms with van der Waals surface area (Å²) in [6, 6.07) is 0. The fourth-order valence-corrected chi connectivity index (χ4v) is 2.56. The van der Waals surface area contributed by atoms with Gasteiger partial charge < -0.3 is 14.8 Å². The highest BCUT2D eigenvalue weighted by Gasteiger charge is 2.25. The third kappa shape index (κ3) is 3.74. The van der Waals surface area contributed by atoms with Crippen LogP contribution in [0.1, 0.15) is 41.1 Å². The number of rotatable bonds is 1. The lowest BCUT2D eigenvalue weighted by atomic mass is 10.2. The maximum atomic E-state index is 11.8. The second-order valence-corrected chi connectivity index (χ2v) is 6.25. The quantitative estimate of drug-likeness (QED) is 0.626. The molecule has 0 saturated heterocycles. The number of hydrogen-bond donors (Lipinski definition) is 1. The van der Waals surface area contributed by atoms with Crippen molar-refractivity contribution in [3.63, 3.8) is 0 Å². The molecular weight excluding hydrogens is 268 g/mol. The molecule has 7 heteroatoms. The molecule has 1 aromatic heterocycles. The van der Waals surface area contributed by atoms with Crippen LogP contribution in [0, 0.1) is 0 Å². The van der Waals surface area contributed by atoms with Gasteiger partial charge in [0.25, 0.3) is 0 Å². The number of hydrogen-bond acceptors (Lipinski definition) is 7. The first-order valence-electron chi connectivity index (χ1n) is 5.99. The van der Waals surface area contributed by atoms with Gasteiger partial charge in [0.1, 0.15) is 5.60 Å². The van der Waals surface area contributed by atoms with E-state index in [1.54, 1.807) is 20.8 Å². The number of nitrogens with one attached hydrogen (secondary N) is 1. The Morgan fingerprint density at radius 2 is 2.11 bits per heavy atom. The summed E-state index contributed by atoms with van der Waals surface area (Å²) in [5.41, 5.74) is 0.212. The van der Waals surface area contributed by atoms with Crippen molar-refractivity contribution in [3.8, 4) is 0 Å². The maximum absolute atomic E-state index is 11.8. The molecule has 0 atom stereocenters. The van der Waals surface area contributed by atoms with Crippen molar-refractivity contribution >= 4 is 23.5 Å². The van der Waals surface area contributed by atoms with Crippen LogP contribution in [0.5, 0.6) is 0 Å². The highest BCUT2D eigenvalue weighted by Crippen LogP contribution is 2.22. The summed E-state index contributed by atoms with van der Waals surface area (Å²) in [6.45, 7) is 6.65. The van der Waals surface area contributed by atoms with Gasteiger partial charge >= 0.3 is 12.1 Å². The number of nitrogens with zero attached hydrogens (tertiary/aromatic N) is 1.